The molecule has 6 heteroatoms. The van der Waals surface area contributed by atoms with Crippen LogP contribution in [0.4, 0.5) is 0 Å². The molecule has 1 saturated carbocycles. The number of nitrogens with zero attached hydrogens (tertiary/aromatic N) is 4. The zero-order valence-corrected chi connectivity index (χ0v) is 13.5. The minimum absolute atomic E-state index is 0.0796. The lowest BCUT2D eigenvalue weighted by atomic mass is 10.2. The van der Waals surface area contributed by atoms with E-state index in [0.29, 0.717) is 6.54 Å². The number of carbonyl (C=O) groups excluding carboxylic acids is 1. The molecule has 2 aliphatic rings. The standard InChI is InChI=1S/C18H20N4O2/c23-17-6-5-16(13-7-9-19-10-8-13)20-22(17)12-15-2-1-11-21(15)18(24)14-3-4-14/h5-10,14-15H,1-4,11-12H2. The van der Waals surface area contributed by atoms with Crippen LogP contribution in [-0.4, -0.2) is 38.2 Å². The smallest absolute Gasteiger partial charge is 0.266 e. The van der Waals surface area contributed by atoms with E-state index in [4.69, 9.17) is 0 Å². The molecule has 2 aromatic heterocycles. The van der Waals surface area contributed by atoms with Gasteiger partial charge in [-0.2, -0.15) is 5.10 Å². The first-order valence-electron chi connectivity index (χ1n) is 8.51. The van der Waals surface area contributed by atoms with E-state index in [1.165, 1.54) is 4.68 Å². The van der Waals surface area contributed by atoms with Gasteiger partial charge in [-0.05, 0) is 43.9 Å². The molecule has 2 fully saturated rings. The molecular weight excluding hydrogens is 304 g/mol. The van der Waals surface area contributed by atoms with Crippen LogP contribution in [0.3, 0.4) is 0 Å². The summed E-state index contributed by atoms with van der Waals surface area (Å²) in [4.78, 5) is 30.6. The molecule has 0 N–H and O–H groups in total. The summed E-state index contributed by atoms with van der Waals surface area (Å²) >= 11 is 0. The minimum Gasteiger partial charge on any atom is -0.338 e. The molecule has 2 aromatic rings. The summed E-state index contributed by atoms with van der Waals surface area (Å²) in [6.07, 6.45) is 7.38. The molecule has 1 amide bonds. The molecule has 1 aliphatic heterocycles. The summed E-state index contributed by atoms with van der Waals surface area (Å²) in [7, 11) is 0. The Balaban J connectivity index is 1.57. The van der Waals surface area contributed by atoms with E-state index in [9.17, 15) is 9.59 Å². The lowest BCUT2D eigenvalue weighted by molar-refractivity contribution is -0.133. The number of hydrogen-bond acceptors (Lipinski definition) is 4. The molecule has 3 heterocycles. The zero-order valence-electron chi connectivity index (χ0n) is 13.5. The van der Waals surface area contributed by atoms with Crippen molar-refractivity contribution < 1.29 is 4.79 Å². The van der Waals surface area contributed by atoms with Crippen molar-refractivity contribution in [2.75, 3.05) is 6.54 Å². The Morgan fingerprint density at radius 1 is 1.12 bits per heavy atom. The highest BCUT2D eigenvalue weighted by molar-refractivity contribution is 5.81. The van der Waals surface area contributed by atoms with Crippen molar-refractivity contribution in [3.8, 4) is 11.3 Å². The van der Waals surface area contributed by atoms with Crippen LogP contribution in [0.1, 0.15) is 25.7 Å². The van der Waals surface area contributed by atoms with E-state index in [1.54, 1.807) is 24.5 Å². The fraction of sp³-hybridized carbons (Fsp3) is 0.444. The van der Waals surface area contributed by atoms with Crippen molar-refractivity contribution in [1.82, 2.24) is 19.7 Å². The highest BCUT2D eigenvalue weighted by Crippen LogP contribution is 2.33. The van der Waals surface area contributed by atoms with Gasteiger partial charge in [-0.15, -0.1) is 0 Å². The van der Waals surface area contributed by atoms with Crippen LogP contribution in [0.5, 0.6) is 0 Å². The van der Waals surface area contributed by atoms with Crippen LogP contribution in [0.25, 0.3) is 11.3 Å². The van der Waals surface area contributed by atoms with Gasteiger partial charge in [0.15, 0.2) is 0 Å². The Morgan fingerprint density at radius 2 is 1.92 bits per heavy atom. The second-order valence-corrected chi connectivity index (χ2v) is 6.58. The van der Waals surface area contributed by atoms with Gasteiger partial charge in [0.2, 0.25) is 5.91 Å². The molecule has 0 radical (unpaired) electrons. The van der Waals surface area contributed by atoms with E-state index in [0.717, 1.165) is 43.5 Å². The van der Waals surface area contributed by atoms with Gasteiger partial charge in [0, 0.05) is 36.5 Å². The van der Waals surface area contributed by atoms with Gasteiger partial charge < -0.3 is 4.90 Å². The Hall–Kier alpha value is -2.50. The second-order valence-electron chi connectivity index (χ2n) is 6.58. The van der Waals surface area contributed by atoms with Crippen LogP contribution in [0.15, 0.2) is 41.5 Å². The van der Waals surface area contributed by atoms with Crippen LogP contribution in [0, 0.1) is 5.92 Å². The lowest BCUT2D eigenvalue weighted by Crippen LogP contribution is -2.41. The Bertz CT molecular complexity index is 798. The quantitative estimate of drug-likeness (QED) is 0.858. The number of carbonyl (C=O) groups is 1. The molecule has 0 bridgehead atoms. The van der Waals surface area contributed by atoms with E-state index in [1.807, 2.05) is 17.0 Å². The maximum Gasteiger partial charge on any atom is 0.266 e. The normalized spacial score (nSPS) is 20.3. The molecule has 6 nitrogen and oxygen atoms in total. The summed E-state index contributed by atoms with van der Waals surface area (Å²) in [5.41, 5.74) is 1.55. The summed E-state index contributed by atoms with van der Waals surface area (Å²) < 4.78 is 1.50. The highest BCUT2D eigenvalue weighted by atomic mass is 16.2. The summed E-state index contributed by atoms with van der Waals surface area (Å²) in [5.74, 6) is 0.481. The van der Waals surface area contributed by atoms with Gasteiger partial charge in [-0.1, -0.05) is 0 Å². The summed E-state index contributed by atoms with van der Waals surface area (Å²) in [6, 6.07) is 7.10. The van der Waals surface area contributed by atoms with Crippen molar-refractivity contribution in [2.45, 2.75) is 38.3 Å². The van der Waals surface area contributed by atoms with E-state index < -0.39 is 0 Å². The molecule has 1 aliphatic carbocycles. The van der Waals surface area contributed by atoms with Gasteiger partial charge in [0.25, 0.3) is 5.56 Å². The predicted molar refractivity (Wildman–Crippen MR) is 89.2 cm³/mol. The monoisotopic (exact) mass is 324 g/mol. The summed E-state index contributed by atoms with van der Waals surface area (Å²) in [6.45, 7) is 1.27. The van der Waals surface area contributed by atoms with Crippen LogP contribution < -0.4 is 5.56 Å². The van der Waals surface area contributed by atoms with Crippen LogP contribution in [-0.2, 0) is 11.3 Å². The van der Waals surface area contributed by atoms with Crippen molar-refractivity contribution in [3.05, 3.63) is 47.0 Å². The van der Waals surface area contributed by atoms with Crippen molar-refractivity contribution in [3.63, 3.8) is 0 Å². The van der Waals surface area contributed by atoms with Crippen molar-refractivity contribution >= 4 is 5.91 Å². The number of pyridine rings is 1. The Kier molecular flexibility index (Phi) is 3.88. The predicted octanol–water partition coefficient (Wildman–Crippen LogP) is 1.71. The number of hydrogen-bond donors (Lipinski definition) is 0. The number of likely N-dealkylation sites (tertiary alicyclic amines) is 1. The Morgan fingerprint density at radius 3 is 2.67 bits per heavy atom. The van der Waals surface area contributed by atoms with E-state index in [2.05, 4.69) is 10.1 Å². The topological polar surface area (TPSA) is 68.1 Å². The third-order valence-corrected chi connectivity index (χ3v) is 4.81. The van der Waals surface area contributed by atoms with Crippen molar-refractivity contribution in [1.29, 1.82) is 0 Å². The maximum absolute atomic E-state index is 12.4. The lowest BCUT2D eigenvalue weighted by Gasteiger charge is -2.25. The van der Waals surface area contributed by atoms with Crippen molar-refractivity contribution in [2.24, 2.45) is 5.92 Å². The van der Waals surface area contributed by atoms with Gasteiger partial charge in [0.05, 0.1) is 18.3 Å². The second kappa shape index (κ2) is 6.19. The molecule has 1 atom stereocenters. The molecule has 0 aromatic carbocycles. The third kappa shape index (κ3) is 2.96. The van der Waals surface area contributed by atoms with Gasteiger partial charge >= 0.3 is 0 Å². The SMILES string of the molecule is O=C(C1CC1)N1CCCC1Cn1nc(-c2ccncc2)ccc1=O. The van der Waals surface area contributed by atoms with Crippen LogP contribution in [0.2, 0.25) is 0 Å². The molecular formula is C18H20N4O2. The average Bonchev–Trinajstić information content (AvgIpc) is 3.36. The third-order valence-electron chi connectivity index (χ3n) is 4.81. The minimum atomic E-state index is -0.126. The number of rotatable bonds is 4. The highest BCUT2D eigenvalue weighted by Gasteiger charge is 2.38. The van der Waals surface area contributed by atoms with Crippen LogP contribution >= 0.6 is 0 Å². The van der Waals surface area contributed by atoms with Gasteiger partial charge in [-0.25, -0.2) is 4.68 Å². The first-order chi connectivity index (χ1) is 11.7. The van der Waals surface area contributed by atoms with Gasteiger partial charge in [-0.3, -0.25) is 14.6 Å². The molecule has 0 spiro atoms. The first-order valence-corrected chi connectivity index (χ1v) is 8.51. The fourth-order valence-electron chi connectivity index (χ4n) is 3.34. The first kappa shape index (κ1) is 15.1. The molecule has 124 valence electrons. The fourth-order valence-corrected chi connectivity index (χ4v) is 3.34. The van der Waals surface area contributed by atoms with E-state index >= 15 is 0 Å². The maximum atomic E-state index is 12.4. The number of aromatic nitrogens is 3. The number of amides is 1. The largest absolute Gasteiger partial charge is 0.338 e. The Labute approximate surface area is 140 Å². The van der Waals surface area contributed by atoms with Gasteiger partial charge in [0.1, 0.15) is 0 Å². The average molecular weight is 324 g/mol. The molecule has 24 heavy (non-hydrogen) atoms. The molecule has 4 rings (SSSR count). The summed E-state index contributed by atoms with van der Waals surface area (Å²) in [5, 5.41) is 4.50. The zero-order chi connectivity index (χ0) is 16.5. The molecule has 1 unspecified atom stereocenters. The van der Waals surface area contributed by atoms with E-state index in [-0.39, 0.29) is 23.4 Å². The molecule has 1 saturated heterocycles.